The zero-order valence-electron chi connectivity index (χ0n) is 10.8. The van der Waals surface area contributed by atoms with Crippen molar-refractivity contribution in [3.8, 4) is 0 Å². The Morgan fingerprint density at radius 1 is 1.19 bits per heavy atom. The number of hydrogen-bond donors (Lipinski definition) is 0. The fraction of sp³-hybridized carbons (Fsp3) is 0.929. The van der Waals surface area contributed by atoms with E-state index in [1.54, 1.807) is 0 Å². The molecule has 2 saturated carbocycles. The van der Waals surface area contributed by atoms with Gasteiger partial charge in [0.05, 0.1) is 5.54 Å². The number of hydrogen-bond acceptors (Lipinski definition) is 2. The van der Waals surface area contributed by atoms with Gasteiger partial charge in [-0.25, -0.2) is 0 Å². The van der Waals surface area contributed by atoms with Crippen LogP contribution in [-0.4, -0.2) is 29.3 Å². The third-order valence-corrected chi connectivity index (χ3v) is 4.49. The molecule has 0 spiro atoms. The standard InChI is InChI=1S/C14H25NO/c1-3-15(4-2)14(9-5-6-10-14)13(16)11-12-7-8-12/h12H,3-11H2,1-2H3. The smallest absolute Gasteiger partial charge is 0.153 e. The van der Waals surface area contributed by atoms with Crippen molar-refractivity contribution < 1.29 is 4.79 Å². The SMILES string of the molecule is CCN(CC)C1(C(=O)CC2CC2)CCCC1. The summed E-state index contributed by atoms with van der Waals surface area (Å²) in [5.41, 5.74) is -0.0634. The minimum atomic E-state index is -0.0634. The van der Waals surface area contributed by atoms with E-state index < -0.39 is 0 Å². The summed E-state index contributed by atoms with van der Waals surface area (Å²) in [6, 6.07) is 0. The maximum absolute atomic E-state index is 12.5. The molecule has 2 nitrogen and oxygen atoms in total. The molecule has 0 aromatic carbocycles. The Labute approximate surface area is 99.4 Å². The monoisotopic (exact) mass is 223 g/mol. The molecule has 2 fully saturated rings. The van der Waals surface area contributed by atoms with Crippen LogP contribution in [0.2, 0.25) is 0 Å². The maximum Gasteiger partial charge on any atom is 0.153 e. The molecule has 0 aliphatic heterocycles. The van der Waals surface area contributed by atoms with E-state index in [1.165, 1.54) is 25.7 Å². The molecule has 2 aliphatic carbocycles. The van der Waals surface area contributed by atoms with Crippen LogP contribution in [0.5, 0.6) is 0 Å². The Kier molecular flexibility index (Phi) is 3.68. The molecular formula is C14H25NO. The largest absolute Gasteiger partial charge is 0.298 e. The van der Waals surface area contributed by atoms with E-state index in [0.717, 1.165) is 38.3 Å². The molecule has 16 heavy (non-hydrogen) atoms. The topological polar surface area (TPSA) is 20.3 Å². The zero-order valence-corrected chi connectivity index (χ0v) is 10.8. The summed E-state index contributed by atoms with van der Waals surface area (Å²) in [4.78, 5) is 15.0. The third kappa shape index (κ3) is 2.17. The number of nitrogens with zero attached hydrogens (tertiary/aromatic N) is 1. The molecule has 0 N–H and O–H groups in total. The van der Waals surface area contributed by atoms with E-state index in [9.17, 15) is 4.79 Å². The van der Waals surface area contributed by atoms with Gasteiger partial charge in [0.15, 0.2) is 5.78 Å². The first-order valence-electron chi connectivity index (χ1n) is 7.01. The summed E-state index contributed by atoms with van der Waals surface area (Å²) in [5.74, 6) is 1.29. The number of carbonyl (C=O) groups excluding carboxylic acids is 1. The van der Waals surface area contributed by atoms with Gasteiger partial charge in [-0.1, -0.05) is 26.7 Å². The lowest BCUT2D eigenvalue weighted by Gasteiger charge is -2.39. The summed E-state index contributed by atoms with van der Waals surface area (Å²) >= 11 is 0. The van der Waals surface area contributed by atoms with Crippen LogP contribution in [0.3, 0.4) is 0 Å². The lowest BCUT2D eigenvalue weighted by molar-refractivity contribution is -0.131. The van der Waals surface area contributed by atoms with Gasteiger partial charge >= 0.3 is 0 Å². The maximum atomic E-state index is 12.5. The highest BCUT2D eigenvalue weighted by molar-refractivity contribution is 5.89. The van der Waals surface area contributed by atoms with Crippen molar-refractivity contribution in [2.24, 2.45) is 5.92 Å². The van der Waals surface area contributed by atoms with E-state index >= 15 is 0 Å². The van der Waals surface area contributed by atoms with Crippen LogP contribution in [0, 0.1) is 5.92 Å². The summed E-state index contributed by atoms with van der Waals surface area (Å²) in [6.07, 6.45) is 8.15. The van der Waals surface area contributed by atoms with Crippen LogP contribution >= 0.6 is 0 Å². The highest BCUT2D eigenvalue weighted by Crippen LogP contribution is 2.41. The molecule has 0 bridgehead atoms. The third-order valence-electron chi connectivity index (χ3n) is 4.49. The van der Waals surface area contributed by atoms with Crippen LogP contribution in [-0.2, 0) is 4.79 Å². The number of Topliss-reactive ketones (excluding diaryl/α,β-unsaturated/α-hetero) is 1. The second-order valence-corrected chi connectivity index (χ2v) is 5.48. The highest BCUT2D eigenvalue weighted by atomic mass is 16.1. The number of likely N-dealkylation sites (N-methyl/N-ethyl adjacent to an activating group) is 1. The van der Waals surface area contributed by atoms with Gasteiger partial charge in [-0.3, -0.25) is 9.69 Å². The average Bonchev–Trinajstić information content (AvgIpc) is 2.96. The Morgan fingerprint density at radius 3 is 2.19 bits per heavy atom. The van der Waals surface area contributed by atoms with Crippen molar-refractivity contribution in [1.82, 2.24) is 4.90 Å². The fourth-order valence-corrected chi connectivity index (χ4v) is 3.33. The summed E-state index contributed by atoms with van der Waals surface area (Å²) < 4.78 is 0. The van der Waals surface area contributed by atoms with Crippen LogP contribution < -0.4 is 0 Å². The Balaban J connectivity index is 2.09. The van der Waals surface area contributed by atoms with E-state index in [2.05, 4.69) is 18.7 Å². The van der Waals surface area contributed by atoms with Crippen LogP contribution in [0.15, 0.2) is 0 Å². The first-order valence-corrected chi connectivity index (χ1v) is 7.01. The van der Waals surface area contributed by atoms with Crippen molar-refractivity contribution in [1.29, 1.82) is 0 Å². The number of ketones is 1. The molecule has 0 amide bonds. The van der Waals surface area contributed by atoms with Crippen molar-refractivity contribution in [3.05, 3.63) is 0 Å². The molecular weight excluding hydrogens is 198 g/mol. The Morgan fingerprint density at radius 2 is 1.75 bits per heavy atom. The van der Waals surface area contributed by atoms with Gasteiger partial charge < -0.3 is 0 Å². The van der Waals surface area contributed by atoms with Gasteiger partial charge in [0.25, 0.3) is 0 Å². The normalized spacial score (nSPS) is 23.9. The van der Waals surface area contributed by atoms with Gasteiger partial charge in [-0.05, 0) is 44.7 Å². The van der Waals surface area contributed by atoms with Gasteiger partial charge in [0.1, 0.15) is 0 Å². The molecule has 0 heterocycles. The molecule has 0 saturated heterocycles. The van der Waals surface area contributed by atoms with Crippen LogP contribution in [0.25, 0.3) is 0 Å². The Bertz CT molecular complexity index is 247. The summed E-state index contributed by atoms with van der Waals surface area (Å²) in [7, 11) is 0. The molecule has 0 unspecified atom stereocenters. The second kappa shape index (κ2) is 4.87. The van der Waals surface area contributed by atoms with Gasteiger partial charge in [0, 0.05) is 6.42 Å². The van der Waals surface area contributed by atoms with Gasteiger partial charge in [-0.15, -0.1) is 0 Å². The number of carbonyl (C=O) groups is 1. The predicted octanol–water partition coefficient (Wildman–Crippen LogP) is 3.01. The first-order chi connectivity index (χ1) is 7.73. The Hall–Kier alpha value is -0.370. The summed E-state index contributed by atoms with van der Waals surface area (Å²) in [6.45, 7) is 6.42. The minimum absolute atomic E-state index is 0.0634. The molecule has 0 aromatic rings. The average molecular weight is 223 g/mol. The molecule has 2 aliphatic rings. The van der Waals surface area contributed by atoms with Crippen molar-refractivity contribution in [2.45, 2.75) is 64.3 Å². The van der Waals surface area contributed by atoms with Crippen LogP contribution in [0.4, 0.5) is 0 Å². The molecule has 2 heteroatoms. The molecule has 0 aromatic heterocycles. The van der Waals surface area contributed by atoms with E-state index in [1.807, 2.05) is 0 Å². The molecule has 0 radical (unpaired) electrons. The van der Waals surface area contributed by atoms with Crippen molar-refractivity contribution >= 4 is 5.78 Å². The predicted molar refractivity (Wildman–Crippen MR) is 66.5 cm³/mol. The van der Waals surface area contributed by atoms with E-state index in [4.69, 9.17) is 0 Å². The minimum Gasteiger partial charge on any atom is -0.298 e. The highest BCUT2D eigenvalue weighted by Gasteiger charge is 2.45. The van der Waals surface area contributed by atoms with E-state index in [-0.39, 0.29) is 5.54 Å². The summed E-state index contributed by atoms with van der Waals surface area (Å²) in [5, 5.41) is 0. The fourth-order valence-electron chi connectivity index (χ4n) is 3.33. The molecule has 2 rings (SSSR count). The lowest BCUT2D eigenvalue weighted by Crippen LogP contribution is -2.52. The van der Waals surface area contributed by atoms with Gasteiger partial charge in [-0.2, -0.15) is 0 Å². The molecule has 92 valence electrons. The van der Waals surface area contributed by atoms with Crippen LogP contribution in [0.1, 0.15) is 58.8 Å². The first kappa shape index (κ1) is 12.1. The van der Waals surface area contributed by atoms with Gasteiger partial charge in [0.2, 0.25) is 0 Å². The zero-order chi connectivity index (χ0) is 11.6. The second-order valence-electron chi connectivity index (χ2n) is 5.48. The van der Waals surface area contributed by atoms with Crippen molar-refractivity contribution in [3.63, 3.8) is 0 Å². The number of rotatable bonds is 6. The van der Waals surface area contributed by atoms with Crippen molar-refractivity contribution in [2.75, 3.05) is 13.1 Å². The quantitative estimate of drug-likeness (QED) is 0.690. The van der Waals surface area contributed by atoms with E-state index in [0.29, 0.717) is 5.78 Å². The molecule has 0 atom stereocenters. The lowest BCUT2D eigenvalue weighted by atomic mass is 9.86.